The van der Waals surface area contributed by atoms with Gasteiger partial charge in [-0.1, -0.05) is 12.1 Å². The van der Waals surface area contributed by atoms with E-state index in [-0.39, 0.29) is 16.9 Å². The summed E-state index contributed by atoms with van der Waals surface area (Å²) >= 11 is 0. The van der Waals surface area contributed by atoms with Crippen molar-refractivity contribution in [2.24, 2.45) is 0 Å². The van der Waals surface area contributed by atoms with E-state index in [2.05, 4.69) is 5.32 Å². The van der Waals surface area contributed by atoms with E-state index in [0.717, 1.165) is 0 Å². The third-order valence-electron chi connectivity index (χ3n) is 3.71. The number of nitro groups is 1. The van der Waals surface area contributed by atoms with Gasteiger partial charge < -0.3 is 19.5 Å². The number of ether oxygens (including phenoxy) is 3. The quantitative estimate of drug-likeness (QED) is 0.419. The molecule has 2 aromatic carbocycles. The maximum Gasteiger partial charge on any atom is 0.339 e. The summed E-state index contributed by atoms with van der Waals surface area (Å²) in [7, 11) is 1.48. The summed E-state index contributed by atoms with van der Waals surface area (Å²) < 4.78 is 15.7. The molecular weight excluding hydrogens is 368 g/mol. The van der Waals surface area contributed by atoms with Crippen LogP contribution in [-0.2, 0) is 9.53 Å². The van der Waals surface area contributed by atoms with Gasteiger partial charge in [-0.3, -0.25) is 14.9 Å². The molecule has 28 heavy (non-hydrogen) atoms. The number of rotatable bonds is 8. The monoisotopic (exact) mass is 388 g/mol. The minimum absolute atomic E-state index is 0.0171. The summed E-state index contributed by atoms with van der Waals surface area (Å²) in [6.07, 6.45) is -1.18. The lowest BCUT2D eigenvalue weighted by Crippen LogP contribution is -2.30. The van der Waals surface area contributed by atoms with Crippen LogP contribution in [0, 0.1) is 10.1 Å². The molecule has 2 aromatic rings. The first-order chi connectivity index (χ1) is 13.4. The van der Waals surface area contributed by atoms with Crippen molar-refractivity contribution < 1.29 is 28.7 Å². The number of methoxy groups -OCH3 is 1. The number of nitrogens with one attached hydrogen (secondary N) is 1. The number of carbonyl (C=O) groups is 2. The van der Waals surface area contributed by atoms with Crippen molar-refractivity contribution in [3.63, 3.8) is 0 Å². The van der Waals surface area contributed by atoms with E-state index in [1.807, 2.05) is 0 Å². The lowest BCUT2D eigenvalue weighted by Gasteiger charge is -2.15. The van der Waals surface area contributed by atoms with Crippen molar-refractivity contribution >= 4 is 23.3 Å². The smallest absolute Gasteiger partial charge is 0.339 e. The summed E-state index contributed by atoms with van der Waals surface area (Å²) in [4.78, 5) is 35.0. The molecule has 0 aliphatic rings. The van der Waals surface area contributed by atoms with Gasteiger partial charge in [0.1, 0.15) is 5.69 Å². The molecule has 9 nitrogen and oxygen atoms in total. The number of para-hydroxylation sites is 2. The number of nitro benzene ring substituents is 1. The van der Waals surface area contributed by atoms with Crippen molar-refractivity contribution in [3.05, 3.63) is 58.1 Å². The van der Waals surface area contributed by atoms with Crippen molar-refractivity contribution in [2.45, 2.75) is 20.0 Å². The molecule has 0 unspecified atom stereocenters. The van der Waals surface area contributed by atoms with Crippen LogP contribution in [0.4, 0.5) is 11.4 Å². The summed E-state index contributed by atoms with van der Waals surface area (Å²) in [5.74, 6) is -0.605. The summed E-state index contributed by atoms with van der Waals surface area (Å²) in [6, 6.07) is 10.2. The molecule has 0 saturated carbocycles. The Kier molecular flexibility index (Phi) is 6.91. The molecule has 0 aromatic heterocycles. The molecule has 1 amide bonds. The molecule has 9 heteroatoms. The standard InChI is InChI=1S/C19H20N2O7/c1-4-27-17-11-13(9-10-16(17)26-3)19(23)28-12(2)18(22)20-14-7-5-6-8-15(14)21(24)25/h5-12H,4H2,1-3H3,(H,20,22)/t12-/m1/s1. The largest absolute Gasteiger partial charge is 0.493 e. The Balaban J connectivity index is 2.09. The zero-order valence-electron chi connectivity index (χ0n) is 15.6. The molecule has 0 fully saturated rings. The number of hydrogen-bond acceptors (Lipinski definition) is 7. The Labute approximate surface area is 161 Å². The van der Waals surface area contributed by atoms with Gasteiger partial charge in [0.15, 0.2) is 17.6 Å². The second-order valence-corrected chi connectivity index (χ2v) is 5.61. The highest BCUT2D eigenvalue weighted by Crippen LogP contribution is 2.28. The van der Waals surface area contributed by atoms with Gasteiger partial charge >= 0.3 is 5.97 Å². The van der Waals surface area contributed by atoms with E-state index in [0.29, 0.717) is 18.1 Å². The lowest BCUT2D eigenvalue weighted by molar-refractivity contribution is -0.383. The third-order valence-corrected chi connectivity index (χ3v) is 3.71. The first kappa shape index (κ1) is 20.7. The number of hydrogen-bond donors (Lipinski definition) is 1. The molecule has 0 aliphatic heterocycles. The zero-order chi connectivity index (χ0) is 20.7. The first-order valence-corrected chi connectivity index (χ1v) is 8.43. The van der Waals surface area contributed by atoms with Crippen LogP contribution in [0.15, 0.2) is 42.5 Å². The zero-order valence-corrected chi connectivity index (χ0v) is 15.6. The molecule has 2 rings (SSSR count). The van der Waals surface area contributed by atoms with Crippen LogP contribution >= 0.6 is 0 Å². The highest BCUT2D eigenvalue weighted by molar-refractivity contribution is 5.98. The van der Waals surface area contributed by atoms with Crippen LogP contribution in [0.25, 0.3) is 0 Å². The van der Waals surface area contributed by atoms with E-state index in [1.165, 1.54) is 44.4 Å². The second kappa shape index (κ2) is 9.36. The summed E-state index contributed by atoms with van der Waals surface area (Å²) in [6.45, 7) is 3.54. The molecule has 0 bridgehead atoms. The van der Waals surface area contributed by atoms with Gasteiger partial charge in [-0.2, -0.15) is 0 Å². The minimum atomic E-state index is -1.18. The average Bonchev–Trinajstić information content (AvgIpc) is 2.68. The Bertz CT molecular complexity index is 882. The number of nitrogens with zero attached hydrogens (tertiary/aromatic N) is 1. The van der Waals surface area contributed by atoms with Crippen LogP contribution in [0.3, 0.4) is 0 Å². The molecule has 0 aliphatic carbocycles. The first-order valence-electron chi connectivity index (χ1n) is 8.43. The highest BCUT2D eigenvalue weighted by atomic mass is 16.6. The SMILES string of the molecule is CCOc1cc(C(=O)O[C@H](C)C(=O)Nc2ccccc2[N+](=O)[O-])ccc1OC. The molecule has 0 heterocycles. The molecule has 1 N–H and O–H groups in total. The van der Waals surface area contributed by atoms with E-state index in [9.17, 15) is 19.7 Å². The van der Waals surface area contributed by atoms with Crippen molar-refractivity contribution in [3.8, 4) is 11.5 Å². The Morgan fingerprint density at radius 1 is 1.18 bits per heavy atom. The van der Waals surface area contributed by atoms with Gasteiger partial charge in [-0.25, -0.2) is 4.79 Å². The van der Waals surface area contributed by atoms with Gasteiger partial charge in [-0.05, 0) is 38.1 Å². The predicted molar refractivity (Wildman–Crippen MR) is 101 cm³/mol. The number of benzene rings is 2. The minimum Gasteiger partial charge on any atom is -0.493 e. The van der Waals surface area contributed by atoms with Gasteiger partial charge in [0.2, 0.25) is 0 Å². The van der Waals surface area contributed by atoms with Crippen molar-refractivity contribution in [1.82, 2.24) is 0 Å². The van der Waals surface area contributed by atoms with Gasteiger partial charge in [-0.15, -0.1) is 0 Å². The fourth-order valence-corrected chi connectivity index (χ4v) is 2.33. The van der Waals surface area contributed by atoms with Crippen LogP contribution in [0.5, 0.6) is 11.5 Å². The number of carbonyl (C=O) groups excluding carboxylic acids is 2. The van der Waals surface area contributed by atoms with E-state index < -0.39 is 22.9 Å². The summed E-state index contributed by atoms with van der Waals surface area (Å²) in [5, 5.41) is 13.4. The number of anilines is 1. The van der Waals surface area contributed by atoms with Crippen molar-refractivity contribution in [2.75, 3.05) is 19.0 Å². The maximum absolute atomic E-state index is 12.3. The number of esters is 1. The molecule has 148 valence electrons. The maximum atomic E-state index is 12.3. The lowest BCUT2D eigenvalue weighted by atomic mass is 10.2. The summed E-state index contributed by atoms with van der Waals surface area (Å²) in [5.41, 5.74) is -0.0658. The van der Waals surface area contributed by atoms with E-state index in [1.54, 1.807) is 19.1 Å². The van der Waals surface area contributed by atoms with Gasteiger partial charge in [0, 0.05) is 6.07 Å². The van der Waals surface area contributed by atoms with Crippen LogP contribution in [0.2, 0.25) is 0 Å². The van der Waals surface area contributed by atoms with Crippen LogP contribution in [0.1, 0.15) is 24.2 Å². The van der Waals surface area contributed by atoms with Crippen LogP contribution in [-0.4, -0.2) is 36.6 Å². The Morgan fingerprint density at radius 2 is 1.89 bits per heavy atom. The highest BCUT2D eigenvalue weighted by Gasteiger charge is 2.23. The van der Waals surface area contributed by atoms with E-state index >= 15 is 0 Å². The molecule has 1 atom stereocenters. The Morgan fingerprint density at radius 3 is 2.54 bits per heavy atom. The van der Waals surface area contributed by atoms with Gasteiger partial charge in [0.05, 0.1) is 24.2 Å². The fourth-order valence-electron chi connectivity index (χ4n) is 2.33. The topological polar surface area (TPSA) is 117 Å². The third kappa shape index (κ3) is 4.97. The molecular formula is C19H20N2O7. The predicted octanol–water partition coefficient (Wildman–Crippen LogP) is 3.19. The molecule has 0 spiro atoms. The fraction of sp³-hybridized carbons (Fsp3) is 0.263. The second-order valence-electron chi connectivity index (χ2n) is 5.61. The average molecular weight is 388 g/mol. The van der Waals surface area contributed by atoms with Crippen molar-refractivity contribution in [1.29, 1.82) is 0 Å². The number of amides is 1. The Hall–Kier alpha value is -3.62. The normalized spacial score (nSPS) is 11.2. The van der Waals surface area contributed by atoms with E-state index in [4.69, 9.17) is 14.2 Å². The van der Waals surface area contributed by atoms with Gasteiger partial charge in [0.25, 0.3) is 11.6 Å². The molecule has 0 radical (unpaired) electrons. The molecule has 0 saturated heterocycles. The van der Waals surface area contributed by atoms with Crippen LogP contribution < -0.4 is 14.8 Å².